The molecule has 3 rings (SSSR count). The molecule has 0 unspecified atom stereocenters. The lowest BCUT2D eigenvalue weighted by Gasteiger charge is -2.07. The molecule has 0 aliphatic heterocycles. The number of esters is 2. The van der Waals surface area contributed by atoms with E-state index in [4.69, 9.17) is 9.47 Å². The zero-order valence-corrected chi connectivity index (χ0v) is 17.8. The van der Waals surface area contributed by atoms with Crippen LogP contribution >= 0.6 is 0 Å². The summed E-state index contributed by atoms with van der Waals surface area (Å²) in [4.78, 5) is 36.3. The van der Waals surface area contributed by atoms with E-state index in [1.54, 1.807) is 73.7 Å². The number of amides is 1. The maximum absolute atomic E-state index is 12.5. The number of benzene rings is 3. The summed E-state index contributed by atoms with van der Waals surface area (Å²) in [6.07, 6.45) is 1.42. The molecule has 0 saturated carbocycles. The number of hydrogen-bond donors (Lipinski definition) is 1. The van der Waals surface area contributed by atoms with Crippen molar-refractivity contribution in [2.24, 2.45) is 0 Å². The van der Waals surface area contributed by atoms with Gasteiger partial charge in [0.1, 0.15) is 17.4 Å². The monoisotopic (exact) mass is 440 g/mol. The van der Waals surface area contributed by atoms with Crippen LogP contribution in [0.2, 0.25) is 0 Å². The van der Waals surface area contributed by atoms with Crippen molar-refractivity contribution in [3.05, 3.63) is 101 Å². The maximum atomic E-state index is 12.5. The van der Waals surface area contributed by atoms with Gasteiger partial charge in [0.05, 0.1) is 17.7 Å². The van der Waals surface area contributed by atoms with E-state index in [1.165, 1.54) is 18.2 Å². The van der Waals surface area contributed by atoms with Gasteiger partial charge in [0.25, 0.3) is 5.91 Å². The fourth-order valence-electron chi connectivity index (χ4n) is 2.79. The molecule has 0 saturated heterocycles. The third-order valence-electron chi connectivity index (χ3n) is 4.43. The molecule has 0 fully saturated rings. The number of nitriles is 1. The summed E-state index contributed by atoms with van der Waals surface area (Å²) in [7, 11) is 0. The molecule has 7 nitrogen and oxygen atoms in total. The van der Waals surface area contributed by atoms with Crippen molar-refractivity contribution in [3.63, 3.8) is 0 Å². The van der Waals surface area contributed by atoms with Crippen molar-refractivity contribution in [3.8, 4) is 11.8 Å². The van der Waals surface area contributed by atoms with Crippen molar-refractivity contribution in [2.45, 2.75) is 6.92 Å². The first kappa shape index (κ1) is 23.0. The van der Waals surface area contributed by atoms with Crippen molar-refractivity contribution in [2.75, 3.05) is 11.9 Å². The molecule has 0 bridgehead atoms. The highest BCUT2D eigenvalue weighted by Gasteiger charge is 2.12. The number of anilines is 1. The molecule has 1 amide bonds. The van der Waals surface area contributed by atoms with Gasteiger partial charge in [0.2, 0.25) is 0 Å². The van der Waals surface area contributed by atoms with Crippen LogP contribution in [0.1, 0.15) is 33.2 Å². The van der Waals surface area contributed by atoms with Crippen LogP contribution in [0.5, 0.6) is 5.75 Å². The predicted molar refractivity (Wildman–Crippen MR) is 122 cm³/mol. The lowest BCUT2D eigenvalue weighted by atomic mass is 10.1. The highest BCUT2D eigenvalue weighted by molar-refractivity contribution is 6.09. The normalized spacial score (nSPS) is 10.6. The molecule has 3 aromatic carbocycles. The lowest BCUT2D eigenvalue weighted by molar-refractivity contribution is -0.112. The molecule has 0 atom stereocenters. The summed E-state index contributed by atoms with van der Waals surface area (Å²) in [5.74, 6) is -1.19. The van der Waals surface area contributed by atoms with E-state index in [9.17, 15) is 19.6 Å². The zero-order chi connectivity index (χ0) is 23.6. The van der Waals surface area contributed by atoms with Gasteiger partial charge in [-0.05, 0) is 67.1 Å². The molecular formula is C26H20N2O5. The SMILES string of the molecule is CCOC(=O)c1ccc(NC(=O)/C(C#N)=C/c2ccc(OC(=O)c3ccccc3)cc2)cc1. The molecular weight excluding hydrogens is 420 g/mol. The number of ether oxygens (including phenoxy) is 2. The second kappa shape index (κ2) is 11.1. The highest BCUT2D eigenvalue weighted by atomic mass is 16.5. The van der Waals surface area contributed by atoms with Crippen LogP contribution in [0.4, 0.5) is 5.69 Å². The molecule has 0 aromatic heterocycles. The summed E-state index contributed by atoms with van der Waals surface area (Å²) in [6, 6.07) is 23.0. The second-order valence-electron chi connectivity index (χ2n) is 6.75. The van der Waals surface area contributed by atoms with Crippen LogP contribution in [-0.2, 0) is 9.53 Å². The lowest BCUT2D eigenvalue weighted by Crippen LogP contribution is -2.13. The first-order chi connectivity index (χ1) is 16.0. The average molecular weight is 440 g/mol. The Morgan fingerprint density at radius 2 is 1.52 bits per heavy atom. The highest BCUT2D eigenvalue weighted by Crippen LogP contribution is 2.17. The zero-order valence-electron chi connectivity index (χ0n) is 17.8. The molecule has 0 radical (unpaired) electrons. The first-order valence-electron chi connectivity index (χ1n) is 10.1. The van der Waals surface area contributed by atoms with Crippen LogP contribution in [-0.4, -0.2) is 24.5 Å². The van der Waals surface area contributed by atoms with Crippen LogP contribution in [0.25, 0.3) is 6.08 Å². The number of nitrogens with zero attached hydrogens (tertiary/aromatic N) is 1. The van der Waals surface area contributed by atoms with Gasteiger partial charge < -0.3 is 14.8 Å². The minimum absolute atomic E-state index is 0.113. The Balaban J connectivity index is 1.65. The van der Waals surface area contributed by atoms with Crippen LogP contribution in [0.3, 0.4) is 0 Å². The Morgan fingerprint density at radius 3 is 2.12 bits per heavy atom. The largest absolute Gasteiger partial charge is 0.462 e. The quantitative estimate of drug-likeness (QED) is 0.249. The van der Waals surface area contributed by atoms with Crippen molar-refractivity contribution >= 4 is 29.6 Å². The average Bonchev–Trinajstić information content (AvgIpc) is 2.84. The Labute approximate surface area is 190 Å². The van der Waals surface area contributed by atoms with Crippen molar-refractivity contribution in [1.82, 2.24) is 0 Å². The van der Waals surface area contributed by atoms with E-state index in [-0.39, 0.29) is 12.2 Å². The Bertz CT molecular complexity index is 1210. The number of carbonyl (C=O) groups excluding carboxylic acids is 3. The molecule has 164 valence electrons. The van der Waals surface area contributed by atoms with Gasteiger partial charge in [-0.1, -0.05) is 30.3 Å². The van der Waals surface area contributed by atoms with Crippen molar-refractivity contribution in [1.29, 1.82) is 5.26 Å². The van der Waals surface area contributed by atoms with Crippen molar-refractivity contribution < 1.29 is 23.9 Å². The third kappa shape index (κ3) is 6.39. The summed E-state index contributed by atoms with van der Waals surface area (Å²) in [6.45, 7) is 1.98. The standard InChI is InChI=1S/C26H20N2O5/c1-2-32-25(30)20-10-12-22(13-11-20)28-24(29)21(17-27)16-18-8-14-23(15-9-18)33-26(31)19-6-4-3-5-7-19/h3-16H,2H2,1H3,(H,28,29)/b21-16+. The minimum atomic E-state index is -0.596. The second-order valence-corrected chi connectivity index (χ2v) is 6.75. The van der Waals surface area contributed by atoms with Gasteiger partial charge in [-0.15, -0.1) is 0 Å². The predicted octanol–water partition coefficient (Wildman–Crippen LogP) is 4.63. The summed E-state index contributed by atoms with van der Waals surface area (Å²) in [5, 5.41) is 12.0. The van der Waals surface area contributed by atoms with Crippen LogP contribution < -0.4 is 10.1 Å². The smallest absolute Gasteiger partial charge is 0.343 e. The van der Waals surface area contributed by atoms with Gasteiger partial charge in [0.15, 0.2) is 0 Å². The molecule has 0 heterocycles. The minimum Gasteiger partial charge on any atom is -0.462 e. The maximum Gasteiger partial charge on any atom is 0.343 e. The van der Waals surface area contributed by atoms with Gasteiger partial charge in [-0.3, -0.25) is 4.79 Å². The topological polar surface area (TPSA) is 105 Å². The van der Waals surface area contributed by atoms with E-state index in [2.05, 4.69) is 5.32 Å². The third-order valence-corrected chi connectivity index (χ3v) is 4.43. The van der Waals surface area contributed by atoms with Crippen LogP contribution in [0.15, 0.2) is 84.4 Å². The van der Waals surface area contributed by atoms with Gasteiger partial charge >= 0.3 is 11.9 Å². The molecule has 1 N–H and O–H groups in total. The first-order valence-corrected chi connectivity index (χ1v) is 10.1. The van der Waals surface area contributed by atoms with Crippen LogP contribution in [0, 0.1) is 11.3 Å². The molecule has 0 spiro atoms. The number of carbonyl (C=O) groups is 3. The number of rotatable bonds is 7. The van der Waals surface area contributed by atoms with E-state index in [0.717, 1.165) is 0 Å². The fraction of sp³-hybridized carbons (Fsp3) is 0.0769. The Hall–Kier alpha value is -4.70. The molecule has 7 heteroatoms. The molecule has 3 aromatic rings. The molecule has 33 heavy (non-hydrogen) atoms. The number of nitrogens with one attached hydrogen (secondary N) is 1. The van der Waals surface area contributed by atoms with E-state index >= 15 is 0 Å². The van der Waals surface area contributed by atoms with E-state index in [0.29, 0.717) is 28.1 Å². The van der Waals surface area contributed by atoms with Gasteiger partial charge in [0, 0.05) is 5.69 Å². The molecule has 0 aliphatic rings. The summed E-state index contributed by atoms with van der Waals surface area (Å²) in [5.41, 5.74) is 1.69. The Morgan fingerprint density at radius 1 is 0.879 bits per heavy atom. The van der Waals surface area contributed by atoms with E-state index in [1.807, 2.05) is 6.07 Å². The van der Waals surface area contributed by atoms with E-state index < -0.39 is 17.8 Å². The summed E-state index contributed by atoms with van der Waals surface area (Å²) < 4.78 is 10.2. The fourth-order valence-corrected chi connectivity index (χ4v) is 2.79. The molecule has 0 aliphatic carbocycles. The Kier molecular flexibility index (Phi) is 7.71. The summed E-state index contributed by atoms with van der Waals surface area (Å²) >= 11 is 0. The van der Waals surface area contributed by atoms with Gasteiger partial charge in [-0.25, -0.2) is 9.59 Å². The van der Waals surface area contributed by atoms with Gasteiger partial charge in [-0.2, -0.15) is 5.26 Å². The number of hydrogen-bond acceptors (Lipinski definition) is 6.